The van der Waals surface area contributed by atoms with Gasteiger partial charge in [0.2, 0.25) is 0 Å². The third-order valence-corrected chi connectivity index (χ3v) is 3.97. The Hall–Kier alpha value is -2.01. The third-order valence-electron chi connectivity index (χ3n) is 3.36. The fourth-order valence-corrected chi connectivity index (χ4v) is 2.52. The summed E-state index contributed by atoms with van der Waals surface area (Å²) in [7, 11) is 1.60. The lowest BCUT2D eigenvalue weighted by Gasteiger charge is -2.11. The van der Waals surface area contributed by atoms with Gasteiger partial charge >= 0.3 is 0 Å². The third kappa shape index (κ3) is 4.99. The van der Waals surface area contributed by atoms with Gasteiger partial charge in [-0.3, -0.25) is 4.79 Å². The average Bonchev–Trinajstić information content (AvgIpc) is 2.54. The van der Waals surface area contributed by atoms with Gasteiger partial charge in [0.15, 0.2) is 6.61 Å². The van der Waals surface area contributed by atoms with Crippen molar-refractivity contribution >= 4 is 27.5 Å². The first-order valence-electron chi connectivity index (χ1n) is 7.35. The maximum atomic E-state index is 11.9. The number of benzene rings is 2. The first-order chi connectivity index (χ1) is 11.0. The van der Waals surface area contributed by atoms with Crippen LogP contribution in [0.4, 0.5) is 5.69 Å². The maximum absolute atomic E-state index is 11.9. The van der Waals surface area contributed by atoms with E-state index in [2.05, 4.69) is 35.1 Å². The summed E-state index contributed by atoms with van der Waals surface area (Å²) >= 11 is 3.48. The SMILES string of the molecule is COc1ccc(NC(=O)COc2ccc(C(C)C)cc2Br)cc1. The molecule has 4 nitrogen and oxygen atoms in total. The summed E-state index contributed by atoms with van der Waals surface area (Å²) in [5, 5.41) is 2.78. The van der Waals surface area contributed by atoms with Crippen LogP contribution in [-0.2, 0) is 4.79 Å². The predicted molar refractivity (Wildman–Crippen MR) is 95.3 cm³/mol. The maximum Gasteiger partial charge on any atom is 0.262 e. The molecule has 0 fully saturated rings. The molecule has 1 N–H and O–H groups in total. The van der Waals surface area contributed by atoms with Crippen molar-refractivity contribution in [3.8, 4) is 11.5 Å². The van der Waals surface area contributed by atoms with Gasteiger partial charge in [0.05, 0.1) is 11.6 Å². The van der Waals surface area contributed by atoms with E-state index < -0.39 is 0 Å². The van der Waals surface area contributed by atoms with Crippen LogP contribution in [0.5, 0.6) is 11.5 Å². The highest BCUT2D eigenvalue weighted by molar-refractivity contribution is 9.10. The number of methoxy groups -OCH3 is 1. The standard InChI is InChI=1S/C18H20BrNO3/c1-12(2)13-4-9-17(16(19)10-13)23-11-18(21)20-14-5-7-15(22-3)8-6-14/h4-10,12H,11H2,1-3H3,(H,20,21). The van der Waals surface area contributed by atoms with Crippen molar-refractivity contribution in [2.75, 3.05) is 19.0 Å². The Morgan fingerprint density at radius 2 is 1.87 bits per heavy atom. The quantitative estimate of drug-likeness (QED) is 0.799. The molecule has 0 radical (unpaired) electrons. The summed E-state index contributed by atoms with van der Waals surface area (Å²) in [5.41, 5.74) is 1.92. The lowest BCUT2D eigenvalue weighted by Crippen LogP contribution is -2.20. The van der Waals surface area contributed by atoms with Crippen molar-refractivity contribution in [3.05, 3.63) is 52.5 Å². The van der Waals surface area contributed by atoms with E-state index in [9.17, 15) is 4.79 Å². The van der Waals surface area contributed by atoms with Crippen LogP contribution < -0.4 is 14.8 Å². The summed E-state index contributed by atoms with van der Waals surface area (Å²) in [4.78, 5) is 11.9. The molecule has 122 valence electrons. The number of nitrogens with one attached hydrogen (secondary N) is 1. The van der Waals surface area contributed by atoms with Crippen molar-refractivity contribution in [2.24, 2.45) is 0 Å². The summed E-state index contributed by atoms with van der Waals surface area (Å²) in [6, 6.07) is 13.0. The molecule has 5 heteroatoms. The van der Waals surface area contributed by atoms with Gasteiger partial charge in [-0.1, -0.05) is 19.9 Å². The number of hydrogen-bond donors (Lipinski definition) is 1. The molecule has 1 amide bonds. The molecular formula is C18H20BrNO3. The molecule has 0 saturated carbocycles. The summed E-state index contributed by atoms with van der Waals surface area (Å²) < 4.78 is 11.5. The predicted octanol–water partition coefficient (Wildman–Crippen LogP) is 4.60. The highest BCUT2D eigenvalue weighted by Gasteiger charge is 2.08. The minimum Gasteiger partial charge on any atom is -0.497 e. The lowest BCUT2D eigenvalue weighted by molar-refractivity contribution is -0.118. The van der Waals surface area contributed by atoms with Crippen molar-refractivity contribution in [2.45, 2.75) is 19.8 Å². The van der Waals surface area contributed by atoms with E-state index in [1.807, 2.05) is 18.2 Å². The average molecular weight is 378 g/mol. The molecule has 0 aromatic heterocycles. The molecule has 0 atom stereocenters. The van der Waals surface area contributed by atoms with Crippen LogP contribution in [0.2, 0.25) is 0 Å². The first-order valence-corrected chi connectivity index (χ1v) is 8.15. The minimum atomic E-state index is -0.213. The molecule has 0 aliphatic heterocycles. The zero-order valence-corrected chi connectivity index (χ0v) is 15.0. The molecule has 2 aromatic rings. The van der Waals surface area contributed by atoms with E-state index in [4.69, 9.17) is 9.47 Å². The smallest absolute Gasteiger partial charge is 0.262 e. The van der Waals surface area contributed by atoms with Gasteiger partial charge in [0.25, 0.3) is 5.91 Å². The fraction of sp³-hybridized carbons (Fsp3) is 0.278. The van der Waals surface area contributed by atoms with Crippen LogP contribution >= 0.6 is 15.9 Å². The molecule has 23 heavy (non-hydrogen) atoms. The van der Waals surface area contributed by atoms with Gasteiger partial charge in [0, 0.05) is 5.69 Å². The molecule has 2 rings (SSSR count). The second kappa shape index (κ2) is 8.02. The van der Waals surface area contributed by atoms with Crippen LogP contribution in [0, 0.1) is 0 Å². The summed E-state index contributed by atoms with van der Waals surface area (Å²) in [6.07, 6.45) is 0. The minimum absolute atomic E-state index is 0.0499. The van der Waals surface area contributed by atoms with E-state index in [0.29, 0.717) is 17.4 Å². The van der Waals surface area contributed by atoms with E-state index >= 15 is 0 Å². The number of rotatable bonds is 6. The van der Waals surface area contributed by atoms with Crippen LogP contribution in [0.15, 0.2) is 46.9 Å². The molecular weight excluding hydrogens is 358 g/mol. The molecule has 0 unspecified atom stereocenters. The number of hydrogen-bond acceptors (Lipinski definition) is 3. The van der Waals surface area contributed by atoms with Crippen LogP contribution in [0.25, 0.3) is 0 Å². The fourth-order valence-electron chi connectivity index (χ4n) is 2.01. The lowest BCUT2D eigenvalue weighted by atomic mass is 10.0. The van der Waals surface area contributed by atoms with Crippen molar-refractivity contribution < 1.29 is 14.3 Å². The highest BCUT2D eigenvalue weighted by atomic mass is 79.9. The Kier molecular flexibility index (Phi) is 6.04. The van der Waals surface area contributed by atoms with Gasteiger partial charge in [-0.05, 0) is 63.8 Å². The normalized spacial score (nSPS) is 10.5. The van der Waals surface area contributed by atoms with E-state index in [0.717, 1.165) is 10.2 Å². The van der Waals surface area contributed by atoms with Crippen molar-refractivity contribution in [3.63, 3.8) is 0 Å². The number of halogens is 1. The van der Waals surface area contributed by atoms with Gasteiger partial charge in [-0.2, -0.15) is 0 Å². The Bertz CT molecular complexity index is 668. The van der Waals surface area contributed by atoms with Gasteiger partial charge < -0.3 is 14.8 Å². The zero-order chi connectivity index (χ0) is 16.8. The van der Waals surface area contributed by atoms with Gasteiger partial charge in [-0.15, -0.1) is 0 Å². The second-order valence-electron chi connectivity index (χ2n) is 5.41. The van der Waals surface area contributed by atoms with Crippen molar-refractivity contribution in [1.82, 2.24) is 0 Å². The molecule has 0 bridgehead atoms. The summed E-state index contributed by atoms with van der Waals surface area (Å²) in [5.74, 6) is 1.63. The topological polar surface area (TPSA) is 47.6 Å². The zero-order valence-electron chi connectivity index (χ0n) is 13.4. The Balaban J connectivity index is 1.91. The molecule has 0 aliphatic carbocycles. The Labute approximate surface area is 144 Å². The highest BCUT2D eigenvalue weighted by Crippen LogP contribution is 2.28. The van der Waals surface area contributed by atoms with E-state index in [1.54, 1.807) is 31.4 Å². The van der Waals surface area contributed by atoms with E-state index in [1.165, 1.54) is 5.56 Å². The number of amides is 1. The second-order valence-corrected chi connectivity index (χ2v) is 6.26. The molecule has 2 aromatic carbocycles. The van der Waals surface area contributed by atoms with Crippen LogP contribution in [0.3, 0.4) is 0 Å². The Morgan fingerprint density at radius 1 is 1.17 bits per heavy atom. The molecule has 0 saturated heterocycles. The molecule has 0 aliphatic rings. The molecule has 0 heterocycles. The first kappa shape index (κ1) is 17.3. The van der Waals surface area contributed by atoms with Crippen LogP contribution in [-0.4, -0.2) is 19.6 Å². The van der Waals surface area contributed by atoms with Crippen molar-refractivity contribution in [1.29, 1.82) is 0 Å². The monoisotopic (exact) mass is 377 g/mol. The number of carbonyl (C=O) groups is 1. The molecule has 0 spiro atoms. The number of anilines is 1. The van der Waals surface area contributed by atoms with Gasteiger partial charge in [0.1, 0.15) is 11.5 Å². The summed E-state index contributed by atoms with van der Waals surface area (Å²) in [6.45, 7) is 4.21. The number of ether oxygens (including phenoxy) is 2. The van der Waals surface area contributed by atoms with Gasteiger partial charge in [-0.25, -0.2) is 0 Å². The largest absolute Gasteiger partial charge is 0.497 e. The van der Waals surface area contributed by atoms with Crippen LogP contribution in [0.1, 0.15) is 25.3 Å². The number of carbonyl (C=O) groups excluding carboxylic acids is 1. The van der Waals surface area contributed by atoms with E-state index in [-0.39, 0.29) is 12.5 Å². The Morgan fingerprint density at radius 3 is 2.43 bits per heavy atom.